The van der Waals surface area contributed by atoms with Crippen LogP contribution < -0.4 is 0 Å². The lowest BCUT2D eigenvalue weighted by Crippen LogP contribution is -1.94. The van der Waals surface area contributed by atoms with Gasteiger partial charge < -0.3 is 10.1 Å². The first-order chi connectivity index (χ1) is 6.72. The van der Waals surface area contributed by atoms with Crippen molar-refractivity contribution in [2.24, 2.45) is 0 Å². The van der Waals surface area contributed by atoms with E-state index in [0.29, 0.717) is 5.65 Å². The zero-order chi connectivity index (χ0) is 10.1. The summed E-state index contributed by atoms with van der Waals surface area (Å²) in [4.78, 5) is 21.4. The van der Waals surface area contributed by atoms with Gasteiger partial charge in [0.2, 0.25) is 0 Å². The molecule has 2 rings (SSSR count). The standard InChI is InChI=1S/C9H9N3O2/c1-2-6-5-3-7(9(13)14)12-8(5)11-4-10-6/h3-4H,2H2,1H3,(H,13,14)(H,10,11,12). The van der Waals surface area contributed by atoms with Crippen molar-refractivity contribution in [1.82, 2.24) is 15.0 Å². The van der Waals surface area contributed by atoms with E-state index >= 15 is 0 Å². The smallest absolute Gasteiger partial charge is 0.352 e. The maximum Gasteiger partial charge on any atom is 0.352 e. The van der Waals surface area contributed by atoms with E-state index in [2.05, 4.69) is 15.0 Å². The molecular weight excluding hydrogens is 182 g/mol. The Morgan fingerprint density at radius 1 is 1.57 bits per heavy atom. The number of aromatic amines is 1. The van der Waals surface area contributed by atoms with E-state index in [-0.39, 0.29) is 5.69 Å². The largest absolute Gasteiger partial charge is 0.477 e. The second-order valence-corrected chi connectivity index (χ2v) is 2.92. The van der Waals surface area contributed by atoms with Gasteiger partial charge >= 0.3 is 5.97 Å². The number of aromatic carboxylic acids is 1. The Kier molecular flexibility index (Phi) is 1.92. The lowest BCUT2D eigenvalue weighted by Gasteiger charge is -1.94. The van der Waals surface area contributed by atoms with E-state index < -0.39 is 5.97 Å². The average molecular weight is 191 g/mol. The summed E-state index contributed by atoms with van der Waals surface area (Å²) < 4.78 is 0. The Morgan fingerprint density at radius 2 is 2.36 bits per heavy atom. The number of nitrogens with one attached hydrogen (secondary N) is 1. The molecule has 2 aromatic heterocycles. The first-order valence-corrected chi connectivity index (χ1v) is 4.28. The molecule has 0 saturated carbocycles. The van der Waals surface area contributed by atoms with Crippen molar-refractivity contribution in [1.29, 1.82) is 0 Å². The molecule has 5 heteroatoms. The van der Waals surface area contributed by atoms with Gasteiger partial charge in [-0.05, 0) is 12.5 Å². The first kappa shape index (κ1) is 8.68. The number of hydrogen-bond acceptors (Lipinski definition) is 3. The van der Waals surface area contributed by atoms with Crippen LogP contribution in [-0.2, 0) is 6.42 Å². The minimum atomic E-state index is -0.981. The molecule has 14 heavy (non-hydrogen) atoms. The summed E-state index contributed by atoms with van der Waals surface area (Å²) in [5, 5.41) is 9.55. The van der Waals surface area contributed by atoms with Gasteiger partial charge in [0.1, 0.15) is 17.7 Å². The van der Waals surface area contributed by atoms with Crippen LogP contribution in [0.2, 0.25) is 0 Å². The number of carboxylic acid groups (broad SMARTS) is 1. The van der Waals surface area contributed by atoms with E-state index in [1.807, 2.05) is 6.92 Å². The fourth-order valence-corrected chi connectivity index (χ4v) is 1.39. The number of fused-ring (bicyclic) bond motifs is 1. The molecule has 2 heterocycles. The fourth-order valence-electron chi connectivity index (χ4n) is 1.39. The highest BCUT2D eigenvalue weighted by molar-refractivity contribution is 5.93. The summed E-state index contributed by atoms with van der Waals surface area (Å²) in [6.45, 7) is 1.97. The number of carboxylic acids is 1. The van der Waals surface area contributed by atoms with Gasteiger partial charge in [0.05, 0.1) is 5.69 Å². The van der Waals surface area contributed by atoms with Crippen LogP contribution in [0.3, 0.4) is 0 Å². The molecule has 0 radical (unpaired) electrons. The van der Waals surface area contributed by atoms with E-state index in [4.69, 9.17) is 5.11 Å². The molecule has 0 spiro atoms. The lowest BCUT2D eigenvalue weighted by atomic mass is 10.2. The molecule has 0 saturated heterocycles. The number of aryl methyl sites for hydroxylation is 1. The van der Waals surface area contributed by atoms with Crippen LogP contribution >= 0.6 is 0 Å². The SMILES string of the molecule is CCc1ncnc2[nH]c(C(=O)O)cc12. The van der Waals surface area contributed by atoms with Crippen molar-refractivity contribution < 1.29 is 9.90 Å². The van der Waals surface area contributed by atoms with Crippen LogP contribution in [0.4, 0.5) is 0 Å². The minimum Gasteiger partial charge on any atom is -0.477 e. The normalized spacial score (nSPS) is 10.6. The van der Waals surface area contributed by atoms with Crippen molar-refractivity contribution in [3.05, 3.63) is 23.8 Å². The zero-order valence-electron chi connectivity index (χ0n) is 7.61. The van der Waals surface area contributed by atoms with Gasteiger partial charge in [-0.1, -0.05) is 6.92 Å². The Hall–Kier alpha value is -1.91. The first-order valence-electron chi connectivity index (χ1n) is 4.28. The predicted molar refractivity (Wildman–Crippen MR) is 50.2 cm³/mol. The second-order valence-electron chi connectivity index (χ2n) is 2.92. The van der Waals surface area contributed by atoms with Crippen molar-refractivity contribution in [3.63, 3.8) is 0 Å². The number of nitrogens with zero attached hydrogens (tertiary/aromatic N) is 2. The molecule has 2 aromatic rings. The second kappa shape index (κ2) is 3.10. The number of aromatic nitrogens is 3. The third-order valence-corrected chi connectivity index (χ3v) is 2.07. The minimum absolute atomic E-state index is 0.148. The summed E-state index contributed by atoms with van der Waals surface area (Å²) in [5.74, 6) is -0.981. The number of carbonyl (C=O) groups is 1. The monoisotopic (exact) mass is 191 g/mol. The lowest BCUT2D eigenvalue weighted by molar-refractivity contribution is 0.0691. The molecule has 0 unspecified atom stereocenters. The number of H-pyrrole nitrogens is 1. The Labute approximate surface area is 79.8 Å². The number of hydrogen-bond donors (Lipinski definition) is 2. The molecule has 0 bridgehead atoms. The summed E-state index contributed by atoms with van der Waals surface area (Å²) in [7, 11) is 0. The van der Waals surface area contributed by atoms with Gasteiger partial charge in [-0.15, -0.1) is 0 Å². The van der Waals surface area contributed by atoms with Crippen LogP contribution in [0.1, 0.15) is 23.1 Å². The summed E-state index contributed by atoms with van der Waals surface area (Å²) >= 11 is 0. The van der Waals surface area contributed by atoms with Crippen LogP contribution in [-0.4, -0.2) is 26.0 Å². The van der Waals surface area contributed by atoms with Crippen LogP contribution in [0.15, 0.2) is 12.4 Å². The predicted octanol–water partition coefficient (Wildman–Crippen LogP) is 1.22. The fraction of sp³-hybridized carbons (Fsp3) is 0.222. The Morgan fingerprint density at radius 3 is 3.00 bits per heavy atom. The van der Waals surface area contributed by atoms with Crippen LogP contribution in [0.25, 0.3) is 11.0 Å². The molecule has 0 amide bonds. The van der Waals surface area contributed by atoms with Crippen LogP contribution in [0.5, 0.6) is 0 Å². The van der Waals surface area contributed by atoms with Gasteiger partial charge in [0.25, 0.3) is 0 Å². The molecule has 0 aliphatic carbocycles. The third-order valence-electron chi connectivity index (χ3n) is 2.07. The molecule has 72 valence electrons. The van der Waals surface area contributed by atoms with Gasteiger partial charge in [-0.2, -0.15) is 0 Å². The zero-order valence-corrected chi connectivity index (χ0v) is 7.61. The van der Waals surface area contributed by atoms with E-state index in [0.717, 1.165) is 17.5 Å². The van der Waals surface area contributed by atoms with Crippen molar-refractivity contribution in [2.45, 2.75) is 13.3 Å². The van der Waals surface area contributed by atoms with Gasteiger partial charge in [-0.25, -0.2) is 14.8 Å². The molecule has 2 N–H and O–H groups in total. The Bertz CT molecular complexity index is 490. The number of rotatable bonds is 2. The Balaban J connectivity index is 2.70. The topological polar surface area (TPSA) is 78.9 Å². The van der Waals surface area contributed by atoms with Crippen molar-refractivity contribution in [2.75, 3.05) is 0 Å². The van der Waals surface area contributed by atoms with E-state index in [1.165, 1.54) is 6.33 Å². The molecule has 0 fully saturated rings. The van der Waals surface area contributed by atoms with Gasteiger partial charge in [-0.3, -0.25) is 0 Å². The average Bonchev–Trinajstić information content (AvgIpc) is 2.60. The van der Waals surface area contributed by atoms with E-state index in [1.54, 1.807) is 6.07 Å². The molecule has 0 aliphatic heterocycles. The van der Waals surface area contributed by atoms with Crippen molar-refractivity contribution >= 4 is 17.0 Å². The molecular formula is C9H9N3O2. The molecule has 0 atom stereocenters. The quantitative estimate of drug-likeness (QED) is 0.747. The van der Waals surface area contributed by atoms with E-state index in [9.17, 15) is 4.79 Å². The van der Waals surface area contributed by atoms with Gasteiger partial charge in [0.15, 0.2) is 0 Å². The maximum absolute atomic E-state index is 10.7. The maximum atomic E-state index is 10.7. The highest BCUT2D eigenvalue weighted by atomic mass is 16.4. The van der Waals surface area contributed by atoms with Crippen molar-refractivity contribution in [3.8, 4) is 0 Å². The summed E-state index contributed by atoms with van der Waals surface area (Å²) in [6.07, 6.45) is 2.19. The highest BCUT2D eigenvalue weighted by Crippen LogP contribution is 2.16. The molecule has 5 nitrogen and oxygen atoms in total. The third kappa shape index (κ3) is 1.22. The summed E-state index contributed by atoms with van der Waals surface area (Å²) in [5.41, 5.74) is 1.59. The molecule has 0 aromatic carbocycles. The highest BCUT2D eigenvalue weighted by Gasteiger charge is 2.10. The van der Waals surface area contributed by atoms with Crippen LogP contribution in [0, 0.1) is 0 Å². The van der Waals surface area contributed by atoms with Gasteiger partial charge in [0, 0.05) is 5.39 Å². The molecule has 0 aliphatic rings. The summed E-state index contributed by atoms with van der Waals surface area (Å²) in [6, 6.07) is 1.57.